The number of piperidine rings is 1. The summed E-state index contributed by atoms with van der Waals surface area (Å²) in [7, 11) is 0. The lowest BCUT2D eigenvalue weighted by atomic mass is 9.97. The van der Waals surface area contributed by atoms with Crippen LogP contribution in [-0.4, -0.2) is 35.2 Å². The number of benzene rings is 2. The van der Waals surface area contributed by atoms with E-state index in [4.69, 9.17) is 0 Å². The van der Waals surface area contributed by atoms with Crippen molar-refractivity contribution < 1.29 is 9.18 Å². The summed E-state index contributed by atoms with van der Waals surface area (Å²) in [6.07, 6.45) is 5.55. The first-order valence-electron chi connectivity index (χ1n) is 10.4. The predicted octanol–water partition coefficient (Wildman–Crippen LogP) is 4.54. The number of hydrogen-bond acceptors (Lipinski definition) is 5. The number of carbonyl (C=O) groups excluding carboxylic acids is 1. The van der Waals surface area contributed by atoms with Crippen molar-refractivity contribution in [2.75, 3.05) is 24.2 Å². The maximum atomic E-state index is 13.2. The van der Waals surface area contributed by atoms with E-state index < -0.39 is 0 Å². The Balaban J connectivity index is 1.39. The molecule has 5 nitrogen and oxygen atoms in total. The zero-order valence-electron chi connectivity index (χ0n) is 17.4. The van der Waals surface area contributed by atoms with Crippen molar-refractivity contribution in [3.63, 3.8) is 0 Å². The van der Waals surface area contributed by atoms with Gasteiger partial charge in [0.25, 0.3) is 0 Å². The molecule has 1 N–H and O–H groups in total. The van der Waals surface area contributed by atoms with Crippen molar-refractivity contribution in [1.29, 1.82) is 0 Å². The van der Waals surface area contributed by atoms with Gasteiger partial charge >= 0.3 is 0 Å². The molecule has 3 aromatic rings. The molecule has 1 unspecified atom stereocenters. The molecular weight excluding hydrogens is 411 g/mol. The van der Waals surface area contributed by atoms with Gasteiger partial charge < -0.3 is 10.2 Å². The average molecular weight is 437 g/mol. The number of nitrogens with one attached hydrogen (secondary N) is 1. The molecule has 1 aliphatic rings. The molecule has 0 spiro atoms. The van der Waals surface area contributed by atoms with Gasteiger partial charge in [0.15, 0.2) is 5.82 Å². The van der Waals surface area contributed by atoms with Crippen molar-refractivity contribution in [2.24, 2.45) is 5.92 Å². The largest absolute Gasteiger partial charge is 0.356 e. The van der Waals surface area contributed by atoms with Crippen LogP contribution in [0.5, 0.6) is 0 Å². The second-order valence-electron chi connectivity index (χ2n) is 7.60. The second-order valence-corrected chi connectivity index (χ2v) is 8.48. The third-order valence-electron chi connectivity index (χ3n) is 5.49. The molecule has 4 rings (SSSR count). The molecule has 2 heterocycles. The van der Waals surface area contributed by atoms with E-state index in [1.54, 1.807) is 30.1 Å². The van der Waals surface area contributed by atoms with Crippen LogP contribution in [0.1, 0.15) is 18.4 Å². The first-order valence-corrected chi connectivity index (χ1v) is 11.6. The summed E-state index contributed by atoms with van der Waals surface area (Å²) < 4.78 is 13.2. The third-order valence-corrected chi connectivity index (χ3v) is 6.23. The van der Waals surface area contributed by atoms with Gasteiger partial charge in [-0.1, -0.05) is 12.1 Å². The van der Waals surface area contributed by atoms with Crippen molar-refractivity contribution in [2.45, 2.75) is 24.3 Å². The number of rotatable bonds is 6. The predicted molar refractivity (Wildman–Crippen MR) is 122 cm³/mol. The van der Waals surface area contributed by atoms with Gasteiger partial charge in [-0.15, -0.1) is 11.8 Å². The van der Waals surface area contributed by atoms with Crippen LogP contribution < -0.4 is 10.2 Å². The normalized spacial score (nSPS) is 16.2. The van der Waals surface area contributed by atoms with Gasteiger partial charge in [-0.2, -0.15) is 0 Å². The van der Waals surface area contributed by atoms with Crippen LogP contribution in [-0.2, 0) is 11.3 Å². The fourth-order valence-corrected chi connectivity index (χ4v) is 4.15. The standard InChI is InChI=1S/C24H25FN4OS/c1-31-21-10-4-17(5-11-21)15-27-24(30)19-3-2-14-29(16-19)22-12-13-26-23(28-22)18-6-8-20(25)9-7-18/h4-13,19H,2-3,14-16H2,1H3,(H,27,30). The summed E-state index contributed by atoms with van der Waals surface area (Å²) >= 11 is 1.70. The molecule has 31 heavy (non-hydrogen) atoms. The fourth-order valence-electron chi connectivity index (χ4n) is 3.74. The Labute approximate surface area is 186 Å². The Morgan fingerprint density at radius 2 is 1.94 bits per heavy atom. The van der Waals surface area contributed by atoms with Crippen LogP contribution in [0.15, 0.2) is 65.7 Å². The summed E-state index contributed by atoms with van der Waals surface area (Å²) in [5, 5.41) is 3.08. The smallest absolute Gasteiger partial charge is 0.225 e. The molecule has 1 saturated heterocycles. The van der Waals surface area contributed by atoms with Crippen molar-refractivity contribution in [3.05, 3.63) is 72.2 Å². The molecule has 0 saturated carbocycles. The number of carbonyl (C=O) groups is 1. The van der Waals surface area contributed by atoms with E-state index in [0.29, 0.717) is 18.9 Å². The highest BCUT2D eigenvalue weighted by atomic mass is 32.2. The number of thioether (sulfide) groups is 1. The monoisotopic (exact) mass is 436 g/mol. The molecule has 0 aliphatic carbocycles. The van der Waals surface area contributed by atoms with E-state index in [1.807, 2.05) is 12.3 Å². The Kier molecular flexibility index (Phi) is 6.82. The van der Waals surface area contributed by atoms with Gasteiger partial charge in [-0.3, -0.25) is 4.79 Å². The Hall–Kier alpha value is -2.93. The van der Waals surface area contributed by atoms with Gasteiger partial charge in [0.05, 0.1) is 5.92 Å². The second kappa shape index (κ2) is 9.92. The molecule has 160 valence electrons. The minimum atomic E-state index is -0.287. The number of anilines is 1. The van der Waals surface area contributed by atoms with Gasteiger partial charge in [0, 0.05) is 36.3 Å². The average Bonchev–Trinajstić information content (AvgIpc) is 2.83. The Morgan fingerprint density at radius 1 is 1.16 bits per heavy atom. The summed E-state index contributed by atoms with van der Waals surface area (Å²) in [4.78, 5) is 25.1. The first kappa shape index (κ1) is 21.3. The molecule has 7 heteroatoms. The third kappa shape index (κ3) is 5.41. The zero-order chi connectivity index (χ0) is 21.6. The number of amides is 1. The van der Waals surface area contributed by atoms with Crippen LogP contribution in [0.25, 0.3) is 11.4 Å². The number of aromatic nitrogens is 2. The quantitative estimate of drug-likeness (QED) is 0.575. The van der Waals surface area contributed by atoms with E-state index in [0.717, 1.165) is 36.3 Å². The Bertz CT molecular complexity index is 1030. The number of halogens is 1. The molecule has 1 atom stereocenters. The fraction of sp³-hybridized carbons (Fsp3) is 0.292. The van der Waals surface area contributed by atoms with E-state index in [1.165, 1.54) is 17.0 Å². The van der Waals surface area contributed by atoms with E-state index in [-0.39, 0.29) is 17.6 Å². The topological polar surface area (TPSA) is 58.1 Å². The highest BCUT2D eigenvalue weighted by Gasteiger charge is 2.26. The molecule has 1 fully saturated rings. The van der Waals surface area contributed by atoms with Crippen molar-refractivity contribution in [3.8, 4) is 11.4 Å². The SMILES string of the molecule is CSc1ccc(CNC(=O)C2CCCN(c3ccnc(-c4ccc(F)cc4)n3)C2)cc1. The van der Waals surface area contributed by atoms with Gasteiger partial charge in [0.2, 0.25) is 5.91 Å². The summed E-state index contributed by atoms with van der Waals surface area (Å²) in [6.45, 7) is 2.00. The summed E-state index contributed by atoms with van der Waals surface area (Å²) in [5.74, 6) is 1.05. The molecule has 1 aliphatic heterocycles. The number of hydrogen-bond donors (Lipinski definition) is 1. The van der Waals surface area contributed by atoms with E-state index in [9.17, 15) is 9.18 Å². The minimum absolute atomic E-state index is 0.0754. The highest BCUT2D eigenvalue weighted by Crippen LogP contribution is 2.24. The van der Waals surface area contributed by atoms with E-state index in [2.05, 4.69) is 44.5 Å². The van der Waals surface area contributed by atoms with Crippen LogP contribution in [0.2, 0.25) is 0 Å². The molecular formula is C24H25FN4OS. The molecule has 1 amide bonds. The highest BCUT2D eigenvalue weighted by molar-refractivity contribution is 7.98. The van der Waals surface area contributed by atoms with E-state index >= 15 is 0 Å². The number of nitrogens with zero attached hydrogens (tertiary/aromatic N) is 3. The maximum absolute atomic E-state index is 13.2. The first-order chi connectivity index (χ1) is 15.1. The summed E-state index contributed by atoms with van der Waals surface area (Å²) in [5.41, 5.74) is 1.86. The van der Waals surface area contributed by atoms with Crippen molar-refractivity contribution >= 4 is 23.5 Å². The minimum Gasteiger partial charge on any atom is -0.356 e. The van der Waals surface area contributed by atoms with Gasteiger partial charge in [-0.25, -0.2) is 14.4 Å². The van der Waals surface area contributed by atoms with Gasteiger partial charge in [0.1, 0.15) is 11.6 Å². The maximum Gasteiger partial charge on any atom is 0.225 e. The summed E-state index contributed by atoms with van der Waals surface area (Å²) in [6, 6.07) is 16.3. The lowest BCUT2D eigenvalue weighted by molar-refractivity contribution is -0.125. The zero-order valence-corrected chi connectivity index (χ0v) is 18.2. The lowest BCUT2D eigenvalue weighted by Crippen LogP contribution is -2.43. The molecule has 0 bridgehead atoms. The van der Waals surface area contributed by atoms with Crippen LogP contribution in [0.3, 0.4) is 0 Å². The lowest BCUT2D eigenvalue weighted by Gasteiger charge is -2.33. The van der Waals surface area contributed by atoms with Crippen LogP contribution in [0, 0.1) is 11.7 Å². The molecule has 2 aromatic carbocycles. The van der Waals surface area contributed by atoms with Gasteiger partial charge in [-0.05, 0) is 67.1 Å². The van der Waals surface area contributed by atoms with Crippen LogP contribution in [0.4, 0.5) is 10.2 Å². The molecule has 0 radical (unpaired) electrons. The van der Waals surface area contributed by atoms with Crippen molar-refractivity contribution in [1.82, 2.24) is 15.3 Å². The molecule has 1 aromatic heterocycles. The van der Waals surface area contributed by atoms with Crippen LogP contribution >= 0.6 is 11.8 Å². The Morgan fingerprint density at radius 3 is 2.68 bits per heavy atom.